The highest BCUT2D eigenvalue weighted by atomic mass is 19.1. The molecule has 2 N–H and O–H groups in total. The minimum atomic E-state index is -0.696. The zero-order valence-corrected chi connectivity index (χ0v) is 12.8. The maximum absolute atomic E-state index is 13.7. The Morgan fingerprint density at radius 3 is 2.12 bits per heavy atom. The Hall–Kier alpha value is -3.22. The van der Waals surface area contributed by atoms with Gasteiger partial charge in [-0.15, -0.1) is 0 Å². The van der Waals surface area contributed by atoms with Crippen molar-refractivity contribution in [2.75, 3.05) is 17.7 Å². The fraction of sp³-hybridized carbons (Fsp3) is 0.0588. The van der Waals surface area contributed by atoms with E-state index in [1.807, 2.05) is 12.1 Å². The normalized spacial score (nSPS) is 10.3. The topological polar surface area (TPSA) is 59.1 Å². The molecule has 0 aliphatic carbocycles. The number of para-hydroxylation sites is 1. The van der Waals surface area contributed by atoms with Crippen molar-refractivity contribution in [1.29, 1.82) is 0 Å². The Bertz CT molecular complexity index is 820. The number of rotatable bonds is 5. The van der Waals surface area contributed by atoms with Gasteiger partial charge in [-0.05, 0) is 36.4 Å². The summed E-state index contributed by atoms with van der Waals surface area (Å²) in [5, 5.41) is 5.70. The molecule has 0 saturated carbocycles. The van der Waals surface area contributed by atoms with E-state index in [1.165, 1.54) is 24.5 Å². The molecule has 0 fully saturated rings. The van der Waals surface area contributed by atoms with Crippen molar-refractivity contribution in [1.82, 2.24) is 9.97 Å². The second-order valence-electron chi connectivity index (χ2n) is 4.86. The lowest BCUT2D eigenvalue weighted by Crippen LogP contribution is -2.01. The summed E-state index contributed by atoms with van der Waals surface area (Å²) in [7, 11) is 1.59. The summed E-state index contributed by atoms with van der Waals surface area (Å²) in [4.78, 5) is 8.05. The Balaban J connectivity index is 1.78. The molecule has 0 bridgehead atoms. The van der Waals surface area contributed by atoms with Gasteiger partial charge in [0.1, 0.15) is 41.0 Å². The summed E-state index contributed by atoms with van der Waals surface area (Å²) in [6, 6.07) is 12.4. The number of anilines is 4. The Labute approximate surface area is 137 Å². The molecule has 2 aromatic carbocycles. The number of nitrogens with zero attached hydrogens (tertiary/aromatic N) is 2. The predicted molar refractivity (Wildman–Crippen MR) is 87.9 cm³/mol. The van der Waals surface area contributed by atoms with Crippen molar-refractivity contribution < 1.29 is 13.5 Å². The molecule has 0 unspecified atom stereocenters. The van der Waals surface area contributed by atoms with Gasteiger partial charge < -0.3 is 15.4 Å². The molecule has 0 saturated heterocycles. The van der Waals surface area contributed by atoms with E-state index >= 15 is 0 Å². The first-order valence-corrected chi connectivity index (χ1v) is 7.10. The van der Waals surface area contributed by atoms with Crippen LogP contribution in [0.2, 0.25) is 0 Å². The molecule has 0 atom stereocenters. The number of halogens is 2. The van der Waals surface area contributed by atoms with Crippen molar-refractivity contribution in [2.45, 2.75) is 0 Å². The molecule has 0 radical (unpaired) electrons. The van der Waals surface area contributed by atoms with Crippen molar-refractivity contribution in [2.24, 2.45) is 0 Å². The molecule has 0 spiro atoms. The maximum Gasteiger partial charge on any atom is 0.149 e. The number of ether oxygens (including phenoxy) is 1. The quantitative estimate of drug-likeness (QED) is 0.733. The first kappa shape index (κ1) is 15.7. The van der Waals surface area contributed by atoms with E-state index in [4.69, 9.17) is 4.74 Å². The molecule has 3 aromatic rings. The van der Waals surface area contributed by atoms with E-state index in [0.29, 0.717) is 5.82 Å². The van der Waals surface area contributed by atoms with E-state index in [-0.39, 0.29) is 11.5 Å². The van der Waals surface area contributed by atoms with Crippen molar-refractivity contribution in [3.05, 3.63) is 66.5 Å². The van der Waals surface area contributed by atoms with Crippen molar-refractivity contribution in [3.8, 4) is 5.75 Å². The van der Waals surface area contributed by atoms with Crippen LogP contribution < -0.4 is 15.4 Å². The van der Waals surface area contributed by atoms with Crippen LogP contribution in [0.4, 0.5) is 31.8 Å². The highest BCUT2D eigenvalue weighted by molar-refractivity contribution is 5.63. The lowest BCUT2D eigenvalue weighted by atomic mass is 10.3. The highest BCUT2D eigenvalue weighted by Crippen LogP contribution is 2.24. The second kappa shape index (κ2) is 6.91. The Morgan fingerprint density at radius 2 is 1.50 bits per heavy atom. The smallest absolute Gasteiger partial charge is 0.149 e. The van der Waals surface area contributed by atoms with Crippen LogP contribution in [0.25, 0.3) is 0 Å². The predicted octanol–water partition coefficient (Wildman–Crippen LogP) is 4.25. The minimum Gasteiger partial charge on any atom is -0.497 e. The van der Waals surface area contributed by atoms with E-state index in [9.17, 15) is 8.78 Å². The summed E-state index contributed by atoms with van der Waals surface area (Å²) < 4.78 is 32.5. The highest BCUT2D eigenvalue weighted by Gasteiger charge is 2.09. The van der Waals surface area contributed by atoms with Crippen LogP contribution in [0.1, 0.15) is 0 Å². The molecule has 1 aromatic heterocycles. The molecule has 1 heterocycles. The summed E-state index contributed by atoms with van der Waals surface area (Å²) in [5.41, 5.74) is 0.532. The van der Waals surface area contributed by atoms with Crippen LogP contribution >= 0.6 is 0 Å². The van der Waals surface area contributed by atoms with Gasteiger partial charge in [0.05, 0.1) is 7.11 Å². The molecular formula is C17H14F2N4O. The van der Waals surface area contributed by atoms with Gasteiger partial charge in [0.15, 0.2) is 0 Å². The van der Waals surface area contributed by atoms with Crippen LogP contribution in [-0.4, -0.2) is 17.1 Å². The van der Waals surface area contributed by atoms with Crippen LogP contribution in [0.5, 0.6) is 5.75 Å². The van der Waals surface area contributed by atoms with Gasteiger partial charge in [-0.3, -0.25) is 0 Å². The number of methoxy groups -OCH3 is 1. The lowest BCUT2D eigenvalue weighted by Gasteiger charge is -2.10. The van der Waals surface area contributed by atoms with Crippen LogP contribution in [0.15, 0.2) is 54.9 Å². The third kappa shape index (κ3) is 3.57. The van der Waals surface area contributed by atoms with Gasteiger partial charge in [-0.1, -0.05) is 6.07 Å². The summed E-state index contributed by atoms with van der Waals surface area (Å²) in [6.45, 7) is 0. The Morgan fingerprint density at radius 1 is 0.875 bits per heavy atom. The second-order valence-corrected chi connectivity index (χ2v) is 4.86. The SMILES string of the molecule is COc1ccc(Nc2cc(Nc3c(F)cccc3F)ncn2)cc1. The number of aromatic nitrogens is 2. The zero-order valence-electron chi connectivity index (χ0n) is 12.8. The zero-order chi connectivity index (χ0) is 16.9. The molecule has 0 amide bonds. The fourth-order valence-corrected chi connectivity index (χ4v) is 2.06. The molecule has 24 heavy (non-hydrogen) atoms. The molecular weight excluding hydrogens is 314 g/mol. The first-order chi connectivity index (χ1) is 11.7. The number of hydrogen-bond donors (Lipinski definition) is 2. The molecule has 0 aliphatic heterocycles. The summed E-state index contributed by atoms with van der Waals surface area (Å²) in [5.74, 6) is 0.0941. The van der Waals surface area contributed by atoms with Crippen LogP contribution in [-0.2, 0) is 0 Å². The van der Waals surface area contributed by atoms with E-state index in [1.54, 1.807) is 25.3 Å². The van der Waals surface area contributed by atoms with Gasteiger partial charge in [0, 0.05) is 11.8 Å². The van der Waals surface area contributed by atoms with Gasteiger partial charge in [-0.25, -0.2) is 18.7 Å². The van der Waals surface area contributed by atoms with Crippen LogP contribution in [0.3, 0.4) is 0 Å². The summed E-state index contributed by atoms with van der Waals surface area (Å²) >= 11 is 0. The largest absolute Gasteiger partial charge is 0.497 e. The Kier molecular flexibility index (Phi) is 4.51. The minimum absolute atomic E-state index is 0.258. The standard InChI is InChI=1S/C17H14F2N4O/c1-24-12-7-5-11(6-8-12)22-15-9-16(21-10-20-15)23-17-13(18)3-2-4-14(17)19/h2-10H,1H3,(H2,20,21,22,23). The monoisotopic (exact) mass is 328 g/mol. The average Bonchev–Trinajstić information content (AvgIpc) is 2.59. The maximum atomic E-state index is 13.7. The van der Waals surface area contributed by atoms with Crippen molar-refractivity contribution in [3.63, 3.8) is 0 Å². The first-order valence-electron chi connectivity index (χ1n) is 7.10. The van der Waals surface area contributed by atoms with Gasteiger partial charge in [-0.2, -0.15) is 0 Å². The number of benzene rings is 2. The number of nitrogens with one attached hydrogen (secondary N) is 2. The van der Waals surface area contributed by atoms with Crippen molar-refractivity contribution >= 4 is 23.0 Å². The third-order valence-electron chi connectivity index (χ3n) is 3.25. The van der Waals surface area contributed by atoms with Gasteiger partial charge >= 0.3 is 0 Å². The molecule has 0 aliphatic rings. The van der Waals surface area contributed by atoms with Gasteiger partial charge in [0.25, 0.3) is 0 Å². The lowest BCUT2D eigenvalue weighted by molar-refractivity contribution is 0.415. The molecule has 3 rings (SSSR count). The van der Waals surface area contributed by atoms with E-state index < -0.39 is 11.6 Å². The third-order valence-corrected chi connectivity index (χ3v) is 3.25. The number of hydrogen-bond acceptors (Lipinski definition) is 5. The molecule has 7 heteroatoms. The van der Waals surface area contributed by atoms with Crippen LogP contribution in [0, 0.1) is 11.6 Å². The van der Waals surface area contributed by atoms with Gasteiger partial charge in [0.2, 0.25) is 0 Å². The average molecular weight is 328 g/mol. The molecule has 122 valence electrons. The fourth-order valence-electron chi connectivity index (χ4n) is 2.06. The van der Waals surface area contributed by atoms with E-state index in [0.717, 1.165) is 11.4 Å². The van der Waals surface area contributed by atoms with E-state index in [2.05, 4.69) is 20.6 Å². The molecule has 5 nitrogen and oxygen atoms in total. The summed E-state index contributed by atoms with van der Waals surface area (Å²) in [6.07, 6.45) is 1.30.